The Labute approximate surface area is 192 Å². The van der Waals surface area contributed by atoms with E-state index in [0.29, 0.717) is 19.0 Å². The quantitative estimate of drug-likeness (QED) is 0.436. The molecule has 0 radical (unpaired) electrons. The van der Waals surface area contributed by atoms with Gasteiger partial charge in [-0.3, -0.25) is 4.31 Å². The molecule has 0 saturated carbocycles. The van der Waals surface area contributed by atoms with Crippen LogP contribution in [0.1, 0.15) is 43.7 Å². The van der Waals surface area contributed by atoms with Crippen LogP contribution in [0.3, 0.4) is 0 Å². The summed E-state index contributed by atoms with van der Waals surface area (Å²) in [6, 6.07) is 9.84. The van der Waals surface area contributed by atoms with E-state index >= 15 is 0 Å². The molecular weight excluding hydrogens is 426 g/mol. The van der Waals surface area contributed by atoms with Gasteiger partial charge in [-0.2, -0.15) is 0 Å². The van der Waals surface area contributed by atoms with Gasteiger partial charge in [0.05, 0.1) is 18.0 Å². The Morgan fingerprint density at radius 3 is 2.91 bits per heavy atom. The molecule has 2 heterocycles. The number of unbranched alkanes of at least 4 members (excludes halogenated alkanes) is 2. The summed E-state index contributed by atoms with van der Waals surface area (Å²) < 4.78 is 22.6. The molecule has 9 heteroatoms. The highest BCUT2D eigenvalue weighted by Crippen LogP contribution is 2.27. The number of pyridine rings is 1. The number of nitrogen functional groups attached to an aromatic ring is 1. The minimum atomic E-state index is -1.17. The van der Waals surface area contributed by atoms with Crippen LogP contribution in [0.25, 0.3) is 0 Å². The van der Waals surface area contributed by atoms with Crippen LogP contribution in [-0.2, 0) is 22.4 Å². The van der Waals surface area contributed by atoms with Crippen molar-refractivity contribution in [1.82, 2.24) is 9.29 Å². The number of nitrogens with zero attached hydrogens (tertiary/aromatic N) is 4. The Kier molecular flexibility index (Phi) is 7.59. The number of nitrogens with two attached hydrogens (primary N) is 1. The first kappa shape index (κ1) is 22.5. The zero-order valence-corrected chi connectivity index (χ0v) is 19.4. The monoisotopic (exact) mass is 457 g/mol. The van der Waals surface area contributed by atoms with Gasteiger partial charge in [0.15, 0.2) is 11.2 Å². The average Bonchev–Trinajstić information content (AvgIpc) is 3.37. The van der Waals surface area contributed by atoms with Gasteiger partial charge < -0.3 is 15.3 Å². The molecule has 0 bridgehead atoms. The largest absolute Gasteiger partial charge is 0.494 e. The van der Waals surface area contributed by atoms with Crippen LogP contribution in [0.5, 0.6) is 5.75 Å². The van der Waals surface area contributed by atoms with Gasteiger partial charge in [-0.25, -0.2) is 13.5 Å². The third-order valence-corrected chi connectivity index (χ3v) is 7.24. The molecule has 32 heavy (non-hydrogen) atoms. The van der Waals surface area contributed by atoms with Crippen LogP contribution in [0, 0.1) is 0 Å². The second kappa shape index (κ2) is 10.8. The lowest BCUT2D eigenvalue weighted by molar-refractivity contribution is 0.158. The molecule has 1 aromatic heterocycles. The van der Waals surface area contributed by atoms with Crippen molar-refractivity contribution in [3.05, 3.63) is 47.7 Å². The van der Waals surface area contributed by atoms with Crippen LogP contribution >= 0.6 is 0 Å². The Morgan fingerprint density at radius 1 is 1.16 bits per heavy atom. The fourth-order valence-corrected chi connectivity index (χ4v) is 5.36. The molecule has 8 nitrogen and oxygen atoms in total. The molecule has 172 valence electrons. The van der Waals surface area contributed by atoms with E-state index < -0.39 is 11.2 Å². The number of ether oxygens (including phenoxy) is 1. The van der Waals surface area contributed by atoms with Crippen molar-refractivity contribution in [2.45, 2.75) is 39.0 Å². The van der Waals surface area contributed by atoms with Crippen molar-refractivity contribution in [2.75, 3.05) is 42.9 Å². The third kappa shape index (κ3) is 5.39. The SMILES string of the molecule is CCO/N=C1\CCc2cc(OCCCCCN3CCN(c4ccnc(N)c4)S3=O)ccc21. The fourth-order valence-electron chi connectivity index (χ4n) is 4.03. The van der Waals surface area contributed by atoms with Crippen LogP contribution in [0.4, 0.5) is 11.5 Å². The molecule has 1 aromatic carbocycles. The number of aromatic nitrogens is 1. The number of benzene rings is 1. The van der Waals surface area contributed by atoms with E-state index in [1.165, 1.54) is 11.1 Å². The lowest BCUT2D eigenvalue weighted by Gasteiger charge is -2.18. The van der Waals surface area contributed by atoms with E-state index in [0.717, 1.165) is 68.9 Å². The summed E-state index contributed by atoms with van der Waals surface area (Å²) in [6.45, 7) is 5.54. The van der Waals surface area contributed by atoms with Crippen molar-refractivity contribution >= 4 is 28.4 Å². The van der Waals surface area contributed by atoms with Gasteiger partial charge in [0.2, 0.25) is 0 Å². The zero-order chi connectivity index (χ0) is 22.3. The number of hydrogen-bond acceptors (Lipinski definition) is 6. The summed E-state index contributed by atoms with van der Waals surface area (Å²) in [5.74, 6) is 1.36. The van der Waals surface area contributed by atoms with Crippen LogP contribution in [0.15, 0.2) is 41.7 Å². The van der Waals surface area contributed by atoms with E-state index in [-0.39, 0.29) is 0 Å². The first-order valence-corrected chi connectivity index (χ1v) is 12.3. The molecule has 0 spiro atoms. The lowest BCUT2D eigenvalue weighted by Crippen LogP contribution is -2.27. The number of anilines is 2. The summed E-state index contributed by atoms with van der Waals surface area (Å²) in [7, 11) is 0. The maximum Gasteiger partial charge on any atom is 0.199 e. The molecule has 2 aliphatic rings. The molecule has 2 N–H and O–H groups in total. The Morgan fingerprint density at radius 2 is 2.06 bits per heavy atom. The average molecular weight is 458 g/mol. The fraction of sp³-hybridized carbons (Fsp3) is 0.478. The standard InChI is InChI=1S/C23H31N5O3S/c1-2-31-26-22-9-6-18-16-20(7-8-21(18)22)30-15-5-3-4-12-27-13-14-28(32(27)29)19-10-11-25-23(24)17-19/h7-8,10-11,16-17H,2-6,9,12-15H2,1H3,(H2,24,25)/b26-22+. The number of oxime groups is 1. The minimum Gasteiger partial charge on any atom is -0.494 e. The summed E-state index contributed by atoms with van der Waals surface area (Å²) in [5, 5.41) is 4.21. The summed E-state index contributed by atoms with van der Waals surface area (Å²) in [4.78, 5) is 9.21. The van der Waals surface area contributed by atoms with Gasteiger partial charge >= 0.3 is 0 Å². The number of hydrogen-bond donors (Lipinski definition) is 1. The third-order valence-electron chi connectivity index (χ3n) is 5.66. The van der Waals surface area contributed by atoms with Crippen molar-refractivity contribution < 1.29 is 13.8 Å². The van der Waals surface area contributed by atoms with Crippen molar-refractivity contribution in [1.29, 1.82) is 0 Å². The molecule has 4 rings (SSSR count). The molecule has 1 saturated heterocycles. The van der Waals surface area contributed by atoms with Gasteiger partial charge in [-0.15, -0.1) is 0 Å². The number of rotatable bonds is 10. The normalized spacial score (nSPS) is 19.5. The summed E-state index contributed by atoms with van der Waals surface area (Å²) >= 11 is -1.17. The van der Waals surface area contributed by atoms with Crippen LogP contribution < -0.4 is 14.8 Å². The maximum atomic E-state index is 12.8. The molecule has 0 amide bonds. The molecule has 1 aliphatic heterocycles. The zero-order valence-electron chi connectivity index (χ0n) is 18.5. The molecule has 1 fully saturated rings. The minimum absolute atomic E-state index is 0.445. The second-order valence-electron chi connectivity index (χ2n) is 7.88. The molecule has 1 aliphatic carbocycles. The second-order valence-corrected chi connectivity index (χ2v) is 9.30. The van der Waals surface area contributed by atoms with Crippen LogP contribution in [0.2, 0.25) is 0 Å². The number of fused-ring (bicyclic) bond motifs is 1. The Hall–Kier alpha value is -2.65. The first-order chi connectivity index (χ1) is 15.7. The maximum absolute atomic E-state index is 12.8. The van der Waals surface area contributed by atoms with Gasteiger partial charge in [0, 0.05) is 37.5 Å². The predicted octanol–water partition coefficient (Wildman–Crippen LogP) is 3.30. The summed E-state index contributed by atoms with van der Waals surface area (Å²) in [6.07, 6.45) is 6.55. The Balaban J connectivity index is 1.16. The van der Waals surface area contributed by atoms with E-state index in [4.69, 9.17) is 15.3 Å². The first-order valence-electron chi connectivity index (χ1n) is 11.3. The van der Waals surface area contributed by atoms with Crippen molar-refractivity contribution in [2.24, 2.45) is 5.16 Å². The smallest absolute Gasteiger partial charge is 0.199 e. The Bertz CT molecular complexity index is 984. The molecular formula is C23H31N5O3S. The van der Waals surface area contributed by atoms with Gasteiger partial charge in [0.1, 0.15) is 18.2 Å². The van der Waals surface area contributed by atoms with Crippen molar-refractivity contribution in [3.8, 4) is 5.75 Å². The van der Waals surface area contributed by atoms with Gasteiger partial charge in [0.25, 0.3) is 0 Å². The van der Waals surface area contributed by atoms with E-state index in [1.807, 2.05) is 27.7 Å². The van der Waals surface area contributed by atoms with E-state index in [1.54, 1.807) is 12.3 Å². The van der Waals surface area contributed by atoms with E-state index in [9.17, 15) is 4.21 Å². The lowest BCUT2D eigenvalue weighted by atomic mass is 10.1. The van der Waals surface area contributed by atoms with Crippen LogP contribution in [-0.4, -0.2) is 52.1 Å². The molecule has 1 unspecified atom stereocenters. The van der Waals surface area contributed by atoms with Gasteiger partial charge in [-0.1, -0.05) is 5.16 Å². The molecule has 2 aromatic rings. The highest BCUT2D eigenvalue weighted by molar-refractivity contribution is 7.84. The highest BCUT2D eigenvalue weighted by Gasteiger charge is 2.28. The van der Waals surface area contributed by atoms with E-state index in [2.05, 4.69) is 22.3 Å². The highest BCUT2D eigenvalue weighted by atomic mass is 32.2. The predicted molar refractivity (Wildman–Crippen MR) is 128 cm³/mol. The summed E-state index contributed by atoms with van der Waals surface area (Å²) in [5.41, 5.74) is 10.1. The van der Waals surface area contributed by atoms with Gasteiger partial charge in [-0.05, 0) is 68.9 Å². The number of aryl methyl sites for hydroxylation is 1. The molecule has 1 atom stereocenters. The topological polar surface area (TPSA) is 93.3 Å². The van der Waals surface area contributed by atoms with Crippen molar-refractivity contribution in [3.63, 3.8) is 0 Å².